The van der Waals surface area contributed by atoms with Gasteiger partial charge >= 0.3 is 0 Å². The first-order chi connectivity index (χ1) is 16.4. The largest absolute Gasteiger partial charge is 0.390 e. The summed E-state index contributed by atoms with van der Waals surface area (Å²) in [5, 5.41) is 14.4. The Morgan fingerprint density at radius 2 is 2.03 bits per heavy atom. The summed E-state index contributed by atoms with van der Waals surface area (Å²) in [5.74, 6) is 1.56. The lowest BCUT2D eigenvalue weighted by Crippen LogP contribution is -2.52. The Hall–Kier alpha value is -1.77. The van der Waals surface area contributed by atoms with Crippen LogP contribution in [0.25, 0.3) is 0 Å². The van der Waals surface area contributed by atoms with Gasteiger partial charge in [0.25, 0.3) is 5.91 Å². The van der Waals surface area contributed by atoms with Crippen molar-refractivity contribution in [3.05, 3.63) is 17.5 Å². The summed E-state index contributed by atoms with van der Waals surface area (Å²) >= 11 is 0. The molecule has 7 aliphatic rings. The molecule has 184 valence electrons. The van der Waals surface area contributed by atoms with E-state index in [1.54, 1.807) is 13.3 Å². The van der Waals surface area contributed by atoms with Crippen LogP contribution in [0, 0.1) is 16.7 Å². The van der Waals surface area contributed by atoms with E-state index >= 15 is 0 Å². The average Bonchev–Trinajstić information content (AvgIpc) is 3.24. The summed E-state index contributed by atoms with van der Waals surface area (Å²) in [5.41, 5.74) is 1.63. The highest BCUT2D eigenvalue weighted by Crippen LogP contribution is 2.87. The number of aliphatic hydroxyl groups is 1. The SMILES string of the molecule is COCCN1CCN(c2ncc(C(=O)N[C@@H]3C4CC56CC35C[C@@](O)(C4)C6)c(C3CCC3)n2)CC1. The minimum atomic E-state index is -0.460. The third kappa shape index (κ3) is 3.04. The first-order valence-electron chi connectivity index (χ1n) is 13.3. The molecule has 0 aromatic carbocycles. The molecule has 2 N–H and O–H groups in total. The Kier molecular flexibility index (Phi) is 4.66. The number of carbonyl (C=O) groups is 1. The minimum absolute atomic E-state index is 0.00208. The number of ether oxygens (including phenoxy) is 1. The highest BCUT2D eigenvalue weighted by Gasteiger charge is 2.85. The van der Waals surface area contributed by atoms with E-state index in [1.807, 2.05) is 0 Å². The summed E-state index contributed by atoms with van der Waals surface area (Å²) in [7, 11) is 1.75. The smallest absolute Gasteiger partial charge is 0.254 e. The van der Waals surface area contributed by atoms with E-state index in [0.717, 1.165) is 83.1 Å². The van der Waals surface area contributed by atoms with Gasteiger partial charge in [-0.2, -0.15) is 0 Å². The zero-order valence-electron chi connectivity index (χ0n) is 20.3. The lowest BCUT2D eigenvalue weighted by molar-refractivity contribution is -0.0488. The van der Waals surface area contributed by atoms with E-state index in [1.165, 1.54) is 19.3 Å². The maximum atomic E-state index is 13.6. The second-order valence-corrected chi connectivity index (χ2v) is 12.2. The van der Waals surface area contributed by atoms with Crippen LogP contribution in [-0.2, 0) is 4.74 Å². The van der Waals surface area contributed by atoms with E-state index in [-0.39, 0.29) is 17.4 Å². The van der Waals surface area contributed by atoms with E-state index in [9.17, 15) is 9.90 Å². The van der Waals surface area contributed by atoms with Crippen LogP contribution in [0.5, 0.6) is 0 Å². The monoisotopic (exact) mass is 467 g/mol. The van der Waals surface area contributed by atoms with E-state index in [4.69, 9.17) is 14.7 Å². The third-order valence-electron chi connectivity index (χ3n) is 10.4. The average molecular weight is 468 g/mol. The van der Waals surface area contributed by atoms with Crippen LogP contribution in [0.3, 0.4) is 0 Å². The van der Waals surface area contributed by atoms with E-state index in [2.05, 4.69) is 15.1 Å². The van der Waals surface area contributed by atoms with Gasteiger partial charge in [-0.05, 0) is 61.7 Å². The first kappa shape index (κ1) is 21.5. The van der Waals surface area contributed by atoms with Crippen molar-refractivity contribution in [1.82, 2.24) is 20.2 Å². The topological polar surface area (TPSA) is 90.8 Å². The van der Waals surface area contributed by atoms with Gasteiger partial charge in [0.2, 0.25) is 5.95 Å². The number of aromatic nitrogens is 2. The summed E-state index contributed by atoms with van der Waals surface area (Å²) in [4.78, 5) is 28.0. The quantitative estimate of drug-likeness (QED) is 0.633. The fourth-order valence-corrected chi connectivity index (χ4v) is 8.69. The van der Waals surface area contributed by atoms with Gasteiger partial charge in [-0.3, -0.25) is 9.69 Å². The van der Waals surface area contributed by atoms with Gasteiger partial charge in [-0.1, -0.05) is 6.42 Å². The molecule has 8 rings (SSSR count). The Bertz CT molecular complexity index is 1010. The normalized spacial score (nSPS) is 40.4. The Labute approximate surface area is 201 Å². The van der Waals surface area contributed by atoms with Crippen molar-refractivity contribution in [1.29, 1.82) is 0 Å². The number of hydrogen-bond donors (Lipinski definition) is 2. The molecule has 34 heavy (non-hydrogen) atoms. The van der Waals surface area contributed by atoms with Crippen LogP contribution in [0.1, 0.15) is 73.3 Å². The second-order valence-electron chi connectivity index (χ2n) is 12.2. The van der Waals surface area contributed by atoms with Crippen LogP contribution < -0.4 is 10.2 Å². The van der Waals surface area contributed by atoms with Gasteiger partial charge in [0.15, 0.2) is 0 Å². The molecular formula is C26H37N5O3. The van der Waals surface area contributed by atoms with Gasteiger partial charge in [0, 0.05) is 58.0 Å². The molecule has 8 nitrogen and oxygen atoms in total. The van der Waals surface area contributed by atoms with Crippen molar-refractivity contribution in [2.75, 3.05) is 51.3 Å². The standard InChI is InChI=1S/C26H37N5O3/c1-34-10-9-30-5-7-31(8-6-30)23-27-13-19(20(28-23)17-3-2-4-17)22(32)29-21-18-11-24-14-25(33,12-18)16-26(21,24)15-24/h13,17-18,21,33H,2-12,14-16H2,1H3,(H,29,32)/t18?,21-,24?,25-,26?/m1/s1. The van der Waals surface area contributed by atoms with Gasteiger partial charge in [0.05, 0.1) is 23.5 Å². The Balaban J connectivity index is 1.09. The molecule has 1 amide bonds. The number of rotatable bonds is 7. The first-order valence-corrected chi connectivity index (χ1v) is 13.3. The number of anilines is 1. The predicted molar refractivity (Wildman–Crippen MR) is 127 cm³/mol. The van der Waals surface area contributed by atoms with E-state index in [0.29, 0.717) is 22.8 Å². The van der Waals surface area contributed by atoms with Crippen LogP contribution in [0.15, 0.2) is 6.20 Å². The fraction of sp³-hybridized carbons (Fsp3) is 0.808. The van der Waals surface area contributed by atoms with Crippen molar-refractivity contribution in [2.45, 2.75) is 68.9 Å². The molecule has 5 atom stereocenters. The molecule has 6 saturated carbocycles. The molecule has 8 heteroatoms. The van der Waals surface area contributed by atoms with Crippen molar-refractivity contribution < 1.29 is 14.6 Å². The zero-order chi connectivity index (χ0) is 23.1. The summed E-state index contributed by atoms with van der Waals surface area (Å²) in [6, 6.07) is 0.205. The maximum absolute atomic E-state index is 13.6. The molecule has 1 aliphatic heterocycles. The number of carbonyl (C=O) groups excluding carboxylic acids is 1. The molecule has 2 heterocycles. The van der Waals surface area contributed by atoms with Crippen molar-refractivity contribution >= 4 is 11.9 Å². The minimum Gasteiger partial charge on any atom is -0.390 e. The number of piperazine rings is 1. The van der Waals surface area contributed by atoms with Gasteiger partial charge in [-0.15, -0.1) is 0 Å². The van der Waals surface area contributed by atoms with Crippen LogP contribution in [0.2, 0.25) is 0 Å². The molecule has 2 spiro atoms. The highest BCUT2D eigenvalue weighted by atomic mass is 16.5. The Morgan fingerprint density at radius 3 is 2.74 bits per heavy atom. The van der Waals surface area contributed by atoms with Gasteiger partial charge < -0.3 is 20.1 Å². The Morgan fingerprint density at radius 1 is 1.21 bits per heavy atom. The molecule has 6 aliphatic carbocycles. The number of methoxy groups -OCH3 is 1. The molecule has 1 saturated heterocycles. The second kappa shape index (κ2) is 7.37. The van der Waals surface area contributed by atoms with Gasteiger partial charge in [-0.25, -0.2) is 9.97 Å². The number of nitrogens with one attached hydrogen (secondary N) is 1. The molecule has 0 radical (unpaired) electrons. The number of hydrogen-bond acceptors (Lipinski definition) is 7. The molecule has 1 aromatic rings. The highest BCUT2D eigenvalue weighted by molar-refractivity contribution is 5.95. The number of nitrogens with zero attached hydrogens (tertiary/aromatic N) is 4. The molecule has 1 aromatic heterocycles. The zero-order valence-corrected chi connectivity index (χ0v) is 20.3. The van der Waals surface area contributed by atoms with Crippen LogP contribution in [0.4, 0.5) is 5.95 Å². The molecule has 7 fully saturated rings. The molecule has 3 unspecified atom stereocenters. The summed E-state index contributed by atoms with van der Waals surface area (Å²) < 4.78 is 5.22. The van der Waals surface area contributed by atoms with Gasteiger partial charge in [0.1, 0.15) is 0 Å². The van der Waals surface area contributed by atoms with Crippen LogP contribution >= 0.6 is 0 Å². The number of amides is 1. The maximum Gasteiger partial charge on any atom is 0.254 e. The van der Waals surface area contributed by atoms with Crippen LogP contribution in [-0.4, -0.2) is 84.0 Å². The lowest BCUT2D eigenvalue weighted by atomic mass is 9.68. The summed E-state index contributed by atoms with van der Waals surface area (Å²) in [6.07, 6.45) is 10.3. The molecule has 4 bridgehead atoms. The van der Waals surface area contributed by atoms with E-state index < -0.39 is 5.60 Å². The summed E-state index contributed by atoms with van der Waals surface area (Å²) in [6.45, 7) is 5.48. The third-order valence-corrected chi connectivity index (χ3v) is 10.4. The lowest BCUT2D eigenvalue weighted by Gasteiger charge is -2.44. The fourth-order valence-electron chi connectivity index (χ4n) is 8.69. The van der Waals surface area contributed by atoms with Crippen molar-refractivity contribution in [3.63, 3.8) is 0 Å². The van der Waals surface area contributed by atoms with Crippen molar-refractivity contribution in [3.8, 4) is 0 Å². The molecular weight excluding hydrogens is 430 g/mol. The van der Waals surface area contributed by atoms with Crippen molar-refractivity contribution in [2.24, 2.45) is 16.7 Å². The predicted octanol–water partition coefficient (Wildman–Crippen LogP) is 1.94.